The molecule has 4 nitrogen and oxygen atoms in total. The van der Waals surface area contributed by atoms with E-state index in [4.69, 9.17) is 4.74 Å². The number of carbonyl (C=O) groups is 2. The maximum atomic E-state index is 14.0. The van der Waals surface area contributed by atoms with Crippen LogP contribution in [0.5, 0.6) is 11.5 Å². The average Bonchev–Trinajstić information content (AvgIpc) is 3.46. The molecule has 1 aliphatic carbocycles. The molecule has 6 aromatic carbocycles. The minimum Gasteiger partial charge on any atom is -0.453 e. The van der Waals surface area contributed by atoms with E-state index in [1.165, 1.54) is 0 Å². The molecule has 9 rings (SSSR count). The number of hydrogen-bond acceptors (Lipinski definition) is 3. The first-order chi connectivity index (χ1) is 19.7. The lowest BCUT2D eigenvalue weighted by molar-refractivity contribution is 0.0991. The minimum atomic E-state index is -0.232. The van der Waals surface area contributed by atoms with E-state index in [0.29, 0.717) is 16.9 Å². The second-order valence-corrected chi connectivity index (χ2v) is 10.4. The van der Waals surface area contributed by atoms with Crippen molar-refractivity contribution in [3.05, 3.63) is 131 Å². The third kappa shape index (κ3) is 2.65. The summed E-state index contributed by atoms with van der Waals surface area (Å²) in [5, 5.41) is 5.68. The third-order valence-electron chi connectivity index (χ3n) is 8.27. The molecule has 1 aliphatic heterocycles. The molecular weight excluding hydrogens is 494 g/mol. The summed E-state index contributed by atoms with van der Waals surface area (Å²) < 4.78 is 8.63. The van der Waals surface area contributed by atoms with Crippen molar-refractivity contribution in [2.75, 3.05) is 0 Å². The van der Waals surface area contributed by atoms with Gasteiger partial charge in [0.05, 0.1) is 22.3 Å². The van der Waals surface area contributed by atoms with Gasteiger partial charge in [-0.3, -0.25) is 9.59 Å². The van der Waals surface area contributed by atoms with Gasteiger partial charge in [-0.1, -0.05) is 78.9 Å². The van der Waals surface area contributed by atoms with Gasteiger partial charge in [-0.2, -0.15) is 0 Å². The number of aromatic nitrogens is 1. The van der Waals surface area contributed by atoms with Crippen LogP contribution >= 0.6 is 0 Å². The number of nitrogens with zero attached hydrogens (tertiary/aromatic N) is 1. The lowest BCUT2D eigenvalue weighted by Gasteiger charge is -2.21. The number of fused-ring (bicyclic) bond motifs is 11. The van der Waals surface area contributed by atoms with Gasteiger partial charge in [0.25, 0.3) is 0 Å². The number of Topliss-reactive ketones (excluding diaryl/α,β-unsaturated/α-hetero) is 2. The fourth-order valence-corrected chi connectivity index (χ4v) is 6.62. The average molecular weight is 514 g/mol. The number of benzene rings is 6. The molecule has 2 aliphatic rings. The molecule has 0 amide bonds. The fourth-order valence-electron chi connectivity index (χ4n) is 6.62. The van der Waals surface area contributed by atoms with Crippen molar-refractivity contribution in [2.24, 2.45) is 0 Å². The second kappa shape index (κ2) is 7.55. The van der Waals surface area contributed by atoms with Gasteiger partial charge in [-0.05, 0) is 63.5 Å². The Hall–Kier alpha value is -5.48. The van der Waals surface area contributed by atoms with Gasteiger partial charge in [0.15, 0.2) is 23.1 Å². The van der Waals surface area contributed by atoms with Gasteiger partial charge < -0.3 is 9.30 Å². The van der Waals surface area contributed by atoms with Crippen molar-refractivity contribution in [3.63, 3.8) is 0 Å². The quantitative estimate of drug-likeness (QED) is 0.125. The molecule has 4 heteroatoms. The number of ketones is 2. The number of ether oxygens (including phenoxy) is 1. The predicted octanol–water partition coefficient (Wildman–Crippen LogP) is 8.66. The largest absolute Gasteiger partial charge is 0.453 e. The van der Waals surface area contributed by atoms with Crippen LogP contribution in [-0.2, 0) is 0 Å². The number of para-hydroxylation sites is 3. The molecule has 0 atom stereocenters. The standard InChI is InChI=1S/C36H19NO3/c38-35-27(36(39)33-25-13-4-2-10-22(25)21-9-1-3-12-24(21)32(33)35)18-20-17-26-23-11-5-6-14-28(23)37-29-15-7-8-16-30(29)40-31(19-20)34(26)37/h1-19H. The van der Waals surface area contributed by atoms with E-state index in [1.807, 2.05) is 84.9 Å². The first-order valence-electron chi connectivity index (χ1n) is 13.3. The Labute approximate surface area is 228 Å². The van der Waals surface area contributed by atoms with Crippen LogP contribution in [0, 0.1) is 0 Å². The van der Waals surface area contributed by atoms with Crippen molar-refractivity contribution < 1.29 is 14.3 Å². The maximum absolute atomic E-state index is 14.0. The lowest BCUT2D eigenvalue weighted by atomic mass is 9.93. The normalized spacial score (nSPS) is 13.8. The highest BCUT2D eigenvalue weighted by atomic mass is 16.5. The van der Waals surface area contributed by atoms with E-state index in [0.717, 1.165) is 60.4 Å². The minimum absolute atomic E-state index is 0.183. The van der Waals surface area contributed by atoms with Crippen LogP contribution in [0.2, 0.25) is 0 Å². The van der Waals surface area contributed by atoms with Crippen molar-refractivity contribution >= 4 is 61.0 Å². The molecule has 0 fully saturated rings. The molecule has 186 valence electrons. The van der Waals surface area contributed by atoms with Crippen molar-refractivity contribution in [1.29, 1.82) is 0 Å². The highest BCUT2D eigenvalue weighted by molar-refractivity contribution is 6.47. The molecular formula is C36H19NO3. The van der Waals surface area contributed by atoms with Crippen molar-refractivity contribution in [1.82, 2.24) is 4.57 Å². The molecule has 0 bridgehead atoms. The first kappa shape index (κ1) is 21.5. The Morgan fingerprint density at radius 3 is 1.82 bits per heavy atom. The topological polar surface area (TPSA) is 48.3 Å². The fraction of sp³-hybridized carbons (Fsp3) is 0. The van der Waals surface area contributed by atoms with E-state index >= 15 is 0 Å². The second-order valence-electron chi connectivity index (χ2n) is 10.4. The summed E-state index contributed by atoms with van der Waals surface area (Å²) in [7, 11) is 0. The summed E-state index contributed by atoms with van der Waals surface area (Å²) in [4.78, 5) is 27.9. The lowest BCUT2D eigenvalue weighted by Crippen LogP contribution is -2.04. The highest BCUT2D eigenvalue weighted by Crippen LogP contribution is 2.46. The van der Waals surface area contributed by atoms with Crippen LogP contribution in [0.25, 0.3) is 55.1 Å². The van der Waals surface area contributed by atoms with E-state index in [2.05, 4.69) is 28.8 Å². The molecule has 0 N–H and O–H groups in total. The molecule has 2 heterocycles. The molecule has 7 aromatic rings. The first-order valence-corrected chi connectivity index (χ1v) is 13.3. The zero-order chi connectivity index (χ0) is 26.5. The van der Waals surface area contributed by atoms with E-state index in [9.17, 15) is 9.59 Å². The molecule has 40 heavy (non-hydrogen) atoms. The number of rotatable bonds is 1. The molecule has 0 saturated carbocycles. The summed E-state index contributed by atoms with van der Waals surface area (Å²) in [5.41, 5.74) is 4.97. The van der Waals surface area contributed by atoms with Crippen LogP contribution in [0.1, 0.15) is 26.3 Å². The van der Waals surface area contributed by atoms with Gasteiger partial charge in [0, 0.05) is 21.9 Å². The molecule has 0 radical (unpaired) electrons. The smallest absolute Gasteiger partial charge is 0.198 e. The Morgan fingerprint density at radius 1 is 0.550 bits per heavy atom. The van der Waals surface area contributed by atoms with Gasteiger partial charge in [-0.15, -0.1) is 0 Å². The van der Waals surface area contributed by atoms with Crippen LogP contribution in [0.15, 0.2) is 115 Å². The molecule has 1 aromatic heterocycles. The summed E-state index contributed by atoms with van der Waals surface area (Å²) in [6.07, 6.45) is 1.74. The maximum Gasteiger partial charge on any atom is 0.198 e. The summed E-state index contributed by atoms with van der Waals surface area (Å²) >= 11 is 0. The molecule has 0 saturated heterocycles. The summed E-state index contributed by atoms with van der Waals surface area (Å²) in [6.45, 7) is 0. The van der Waals surface area contributed by atoms with Gasteiger partial charge in [0.1, 0.15) is 0 Å². The Balaban J connectivity index is 1.31. The van der Waals surface area contributed by atoms with Gasteiger partial charge in [-0.25, -0.2) is 0 Å². The number of allylic oxidation sites excluding steroid dienone is 1. The van der Waals surface area contributed by atoms with Crippen LogP contribution in [0.4, 0.5) is 0 Å². The SMILES string of the molecule is O=C1C(=Cc2cc3c4c(c2)c2ccccc2n4-c2ccccc2O3)C(=O)c2c1c1ccccc1c1ccccc21. The zero-order valence-electron chi connectivity index (χ0n) is 21.1. The Kier molecular flexibility index (Phi) is 4.05. The van der Waals surface area contributed by atoms with Crippen molar-refractivity contribution in [3.8, 4) is 17.2 Å². The number of hydrogen-bond donors (Lipinski definition) is 0. The molecule has 0 spiro atoms. The summed E-state index contributed by atoms with van der Waals surface area (Å²) in [6, 6.07) is 35.9. The monoisotopic (exact) mass is 513 g/mol. The Morgan fingerprint density at radius 2 is 1.12 bits per heavy atom. The number of carbonyl (C=O) groups excluding carboxylic acids is 2. The zero-order valence-corrected chi connectivity index (χ0v) is 21.1. The highest BCUT2D eigenvalue weighted by Gasteiger charge is 2.37. The van der Waals surface area contributed by atoms with E-state index < -0.39 is 0 Å². The van der Waals surface area contributed by atoms with E-state index in [1.54, 1.807) is 6.08 Å². The summed E-state index contributed by atoms with van der Waals surface area (Å²) in [5.74, 6) is 1.00. The van der Waals surface area contributed by atoms with Gasteiger partial charge in [0.2, 0.25) is 0 Å². The van der Waals surface area contributed by atoms with Crippen LogP contribution < -0.4 is 4.74 Å². The van der Waals surface area contributed by atoms with Crippen LogP contribution in [-0.4, -0.2) is 16.1 Å². The van der Waals surface area contributed by atoms with Gasteiger partial charge >= 0.3 is 0 Å². The predicted molar refractivity (Wildman–Crippen MR) is 159 cm³/mol. The Bertz CT molecular complexity index is 2260. The van der Waals surface area contributed by atoms with Crippen molar-refractivity contribution in [2.45, 2.75) is 0 Å². The third-order valence-corrected chi connectivity index (χ3v) is 8.27. The van der Waals surface area contributed by atoms with E-state index in [-0.39, 0.29) is 17.1 Å². The molecule has 0 unspecified atom stereocenters. The van der Waals surface area contributed by atoms with Crippen LogP contribution in [0.3, 0.4) is 0 Å².